The van der Waals surface area contributed by atoms with E-state index in [0.717, 1.165) is 54.8 Å². The van der Waals surface area contributed by atoms with Gasteiger partial charge in [-0.25, -0.2) is 4.98 Å². The summed E-state index contributed by atoms with van der Waals surface area (Å²) < 4.78 is 5.91. The topological polar surface area (TPSA) is 56.6 Å². The molecule has 1 fully saturated rings. The number of benzene rings is 2. The van der Waals surface area contributed by atoms with Gasteiger partial charge in [0.05, 0.1) is 18.4 Å². The zero-order valence-electron chi connectivity index (χ0n) is 19.2. The van der Waals surface area contributed by atoms with Crippen LogP contribution in [0.4, 0.5) is 17.2 Å². The molecule has 0 bridgehead atoms. The highest BCUT2D eigenvalue weighted by molar-refractivity contribution is 7.80. The highest BCUT2D eigenvalue weighted by Gasteiger charge is 2.18. The zero-order valence-corrected chi connectivity index (χ0v) is 20.7. The van der Waals surface area contributed by atoms with Crippen molar-refractivity contribution in [3.05, 3.63) is 95.8 Å². The Balaban J connectivity index is 1.09. The van der Waals surface area contributed by atoms with Gasteiger partial charge in [0.15, 0.2) is 5.11 Å². The van der Waals surface area contributed by atoms with Gasteiger partial charge in [-0.1, -0.05) is 29.8 Å². The SMILES string of the molecule is S=C(NCc1ccc(-c2ccc(Cl)cc2)o1)Nc1ccc(N2CCN(c3ccccc3)CC2)nc1. The molecular weight excluding hydrogens is 478 g/mol. The minimum atomic E-state index is 0.483. The molecule has 0 spiro atoms. The fourth-order valence-electron chi connectivity index (χ4n) is 4.06. The number of rotatable bonds is 6. The van der Waals surface area contributed by atoms with Crippen molar-refractivity contribution in [1.82, 2.24) is 10.3 Å². The van der Waals surface area contributed by atoms with Crippen LogP contribution >= 0.6 is 23.8 Å². The number of thiocarbonyl (C=S) groups is 1. The van der Waals surface area contributed by atoms with Gasteiger partial charge in [-0.15, -0.1) is 0 Å². The Kier molecular flexibility index (Phi) is 7.16. The van der Waals surface area contributed by atoms with E-state index in [1.165, 1.54) is 5.69 Å². The van der Waals surface area contributed by atoms with Crippen molar-refractivity contribution in [1.29, 1.82) is 0 Å². The number of halogens is 1. The summed E-state index contributed by atoms with van der Waals surface area (Å²) in [6, 6.07) is 26.0. The van der Waals surface area contributed by atoms with Gasteiger partial charge in [0.25, 0.3) is 0 Å². The third kappa shape index (κ3) is 5.93. The Morgan fingerprint density at radius 2 is 1.63 bits per heavy atom. The summed E-state index contributed by atoms with van der Waals surface area (Å²) >= 11 is 11.4. The molecule has 0 radical (unpaired) electrons. The lowest BCUT2D eigenvalue weighted by Crippen LogP contribution is -2.46. The fourth-order valence-corrected chi connectivity index (χ4v) is 4.38. The second-order valence-corrected chi connectivity index (χ2v) is 9.14. The summed E-state index contributed by atoms with van der Waals surface area (Å²) in [7, 11) is 0. The summed E-state index contributed by atoms with van der Waals surface area (Å²) in [6.07, 6.45) is 1.82. The lowest BCUT2D eigenvalue weighted by molar-refractivity contribution is 0.516. The Morgan fingerprint density at radius 3 is 2.34 bits per heavy atom. The van der Waals surface area contributed by atoms with Gasteiger partial charge in [0.2, 0.25) is 0 Å². The first-order valence-electron chi connectivity index (χ1n) is 11.5. The number of piperazine rings is 1. The minimum Gasteiger partial charge on any atom is -0.459 e. The zero-order chi connectivity index (χ0) is 24.0. The van der Waals surface area contributed by atoms with E-state index in [0.29, 0.717) is 16.7 Å². The first-order chi connectivity index (χ1) is 17.1. The van der Waals surface area contributed by atoms with Gasteiger partial charge in [0, 0.05) is 42.5 Å². The van der Waals surface area contributed by atoms with Crippen molar-refractivity contribution in [2.75, 3.05) is 41.3 Å². The van der Waals surface area contributed by atoms with E-state index in [2.05, 4.69) is 55.7 Å². The molecular formula is C27H26ClN5OS. The van der Waals surface area contributed by atoms with Crippen LogP contribution in [0.25, 0.3) is 11.3 Å². The smallest absolute Gasteiger partial charge is 0.171 e. The van der Waals surface area contributed by atoms with Crippen LogP contribution in [0.5, 0.6) is 0 Å². The number of aromatic nitrogens is 1. The summed E-state index contributed by atoms with van der Waals surface area (Å²) in [5, 5.41) is 7.59. The van der Waals surface area contributed by atoms with Gasteiger partial charge in [-0.2, -0.15) is 0 Å². The molecule has 0 aliphatic carbocycles. The number of furan rings is 1. The van der Waals surface area contributed by atoms with Gasteiger partial charge in [0.1, 0.15) is 17.3 Å². The average Bonchev–Trinajstić information content (AvgIpc) is 3.38. The monoisotopic (exact) mass is 503 g/mol. The molecule has 2 aromatic carbocycles. The molecule has 8 heteroatoms. The third-order valence-electron chi connectivity index (χ3n) is 5.94. The number of hydrogen-bond acceptors (Lipinski definition) is 5. The number of hydrogen-bond donors (Lipinski definition) is 2. The Labute approximate surface area is 215 Å². The number of pyridine rings is 1. The van der Waals surface area contributed by atoms with Crippen LogP contribution in [0.2, 0.25) is 5.02 Å². The third-order valence-corrected chi connectivity index (χ3v) is 6.44. The first-order valence-corrected chi connectivity index (χ1v) is 12.3. The maximum Gasteiger partial charge on any atom is 0.171 e. The predicted octanol–water partition coefficient (Wildman–Crippen LogP) is 5.81. The van der Waals surface area contributed by atoms with Gasteiger partial charge in [-0.05, 0) is 72.9 Å². The fraction of sp³-hybridized carbons (Fsp3) is 0.185. The standard InChI is InChI=1S/C27H26ClN5OS/c28-21-8-6-20(7-9-21)25-12-11-24(34-25)19-30-27(35)31-22-10-13-26(29-18-22)33-16-14-32(15-17-33)23-4-2-1-3-5-23/h1-13,18H,14-17,19H2,(H2,30,31,35). The maximum absolute atomic E-state index is 5.96. The van der Waals surface area contributed by atoms with E-state index >= 15 is 0 Å². The van der Waals surface area contributed by atoms with Crippen LogP contribution in [-0.2, 0) is 6.54 Å². The second-order valence-electron chi connectivity index (χ2n) is 8.30. The van der Waals surface area contributed by atoms with Crippen LogP contribution in [-0.4, -0.2) is 36.3 Å². The van der Waals surface area contributed by atoms with E-state index in [1.807, 2.05) is 54.7 Å². The summed E-state index contributed by atoms with van der Waals surface area (Å²) in [6.45, 7) is 4.32. The Bertz CT molecular complexity index is 1250. The lowest BCUT2D eigenvalue weighted by atomic mass is 10.2. The highest BCUT2D eigenvalue weighted by atomic mass is 35.5. The normalized spacial score (nSPS) is 13.5. The molecule has 2 N–H and O–H groups in total. The Hall–Kier alpha value is -3.55. The molecule has 1 aliphatic rings. The van der Waals surface area contributed by atoms with E-state index in [-0.39, 0.29) is 0 Å². The molecule has 2 aromatic heterocycles. The Morgan fingerprint density at radius 1 is 0.886 bits per heavy atom. The molecule has 0 saturated carbocycles. The van der Waals surface area contributed by atoms with Crippen LogP contribution < -0.4 is 20.4 Å². The average molecular weight is 504 g/mol. The number of anilines is 3. The quantitative estimate of drug-likeness (QED) is 0.322. The predicted molar refractivity (Wildman–Crippen MR) is 147 cm³/mol. The molecule has 0 amide bonds. The molecule has 4 aromatic rings. The summed E-state index contributed by atoms with van der Waals surface area (Å²) in [5.41, 5.74) is 3.10. The van der Waals surface area contributed by atoms with Crippen molar-refractivity contribution in [3.8, 4) is 11.3 Å². The number of nitrogens with one attached hydrogen (secondary N) is 2. The molecule has 0 atom stereocenters. The lowest BCUT2D eigenvalue weighted by Gasteiger charge is -2.36. The largest absolute Gasteiger partial charge is 0.459 e. The van der Waals surface area contributed by atoms with Crippen molar-refractivity contribution in [2.24, 2.45) is 0 Å². The molecule has 5 rings (SSSR count). The maximum atomic E-state index is 5.96. The molecule has 0 unspecified atom stereocenters. The first kappa shape index (κ1) is 23.2. The van der Waals surface area contributed by atoms with Crippen molar-refractivity contribution >= 4 is 46.1 Å². The van der Waals surface area contributed by atoms with E-state index in [9.17, 15) is 0 Å². The van der Waals surface area contributed by atoms with Crippen LogP contribution in [0.3, 0.4) is 0 Å². The molecule has 35 heavy (non-hydrogen) atoms. The molecule has 6 nitrogen and oxygen atoms in total. The summed E-state index contributed by atoms with van der Waals surface area (Å²) in [5.74, 6) is 2.57. The summed E-state index contributed by atoms with van der Waals surface area (Å²) in [4.78, 5) is 9.37. The van der Waals surface area contributed by atoms with Gasteiger partial charge >= 0.3 is 0 Å². The second kappa shape index (κ2) is 10.8. The van der Waals surface area contributed by atoms with E-state index in [1.54, 1.807) is 0 Å². The van der Waals surface area contributed by atoms with Crippen molar-refractivity contribution < 1.29 is 4.42 Å². The van der Waals surface area contributed by atoms with Crippen LogP contribution in [0.1, 0.15) is 5.76 Å². The minimum absolute atomic E-state index is 0.483. The van der Waals surface area contributed by atoms with Gasteiger partial charge < -0.3 is 24.9 Å². The van der Waals surface area contributed by atoms with Crippen LogP contribution in [0, 0.1) is 0 Å². The molecule has 3 heterocycles. The van der Waals surface area contributed by atoms with Crippen molar-refractivity contribution in [2.45, 2.75) is 6.54 Å². The van der Waals surface area contributed by atoms with Crippen molar-refractivity contribution in [3.63, 3.8) is 0 Å². The highest BCUT2D eigenvalue weighted by Crippen LogP contribution is 2.24. The molecule has 178 valence electrons. The molecule has 1 saturated heterocycles. The number of para-hydroxylation sites is 1. The van der Waals surface area contributed by atoms with Gasteiger partial charge in [-0.3, -0.25) is 0 Å². The van der Waals surface area contributed by atoms with E-state index in [4.69, 9.17) is 28.2 Å². The van der Waals surface area contributed by atoms with E-state index < -0.39 is 0 Å². The van der Waals surface area contributed by atoms with Crippen LogP contribution in [0.15, 0.2) is 89.5 Å². The number of nitrogens with zero attached hydrogens (tertiary/aromatic N) is 3. The molecule has 1 aliphatic heterocycles.